The second-order valence-corrected chi connectivity index (χ2v) is 6.29. The van der Waals surface area contributed by atoms with E-state index in [1.165, 1.54) is 0 Å². The highest BCUT2D eigenvalue weighted by Gasteiger charge is 2.26. The van der Waals surface area contributed by atoms with Gasteiger partial charge in [-0.2, -0.15) is 5.10 Å². The van der Waals surface area contributed by atoms with Gasteiger partial charge in [0, 0.05) is 18.3 Å². The van der Waals surface area contributed by atoms with Crippen molar-refractivity contribution in [1.82, 2.24) is 14.5 Å². The van der Waals surface area contributed by atoms with E-state index in [0.29, 0.717) is 0 Å². The first-order chi connectivity index (χ1) is 7.53. The number of fused-ring (bicyclic) bond motifs is 1. The third kappa shape index (κ3) is 2.23. The number of sulfonamides is 1. The molecule has 16 heavy (non-hydrogen) atoms. The number of aryl methyl sites for hydroxylation is 1. The maximum atomic E-state index is 11.4. The number of aromatic nitrogens is 2. The summed E-state index contributed by atoms with van der Waals surface area (Å²) in [6.07, 6.45) is 4.44. The van der Waals surface area contributed by atoms with Gasteiger partial charge in [0.05, 0.1) is 12.2 Å². The van der Waals surface area contributed by atoms with Gasteiger partial charge in [0.15, 0.2) is 0 Å². The van der Waals surface area contributed by atoms with Gasteiger partial charge >= 0.3 is 0 Å². The molecule has 0 saturated heterocycles. The van der Waals surface area contributed by atoms with Crippen LogP contribution in [0.5, 0.6) is 0 Å². The van der Waals surface area contributed by atoms with Crippen LogP contribution in [0.2, 0.25) is 0 Å². The van der Waals surface area contributed by atoms with Crippen LogP contribution < -0.4 is 4.72 Å². The molecule has 0 aromatic carbocycles. The standard InChI is InChI=1S/C9H14ClN3O2S/c1-13-9-4-2-3-8(7(9)5-11-13)12-16(14,15)6-10/h5,8,12H,2-4,6H2,1H3. The Labute approximate surface area is 99.8 Å². The van der Waals surface area contributed by atoms with Gasteiger partial charge in [0.2, 0.25) is 10.0 Å². The lowest BCUT2D eigenvalue weighted by Crippen LogP contribution is -2.31. The molecule has 90 valence electrons. The van der Waals surface area contributed by atoms with E-state index < -0.39 is 15.2 Å². The summed E-state index contributed by atoms with van der Waals surface area (Å²) < 4.78 is 27.2. The van der Waals surface area contributed by atoms with Crippen molar-refractivity contribution in [2.45, 2.75) is 25.3 Å². The van der Waals surface area contributed by atoms with E-state index >= 15 is 0 Å². The summed E-state index contributed by atoms with van der Waals surface area (Å²) in [4.78, 5) is 0. The molecule has 2 rings (SSSR count). The molecule has 1 N–H and O–H groups in total. The first-order valence-electron chi connectivity index (χ1n) is 5.10. The number of halogens is 1. The Balaban J connectivity index is 2.26. The lowest BCUT2D eigenvalue weighted by molar-refractivity contribution is 0.500. The van der Waals surface area contributed by atoms with Gasteiger partial charge in [-0.1, -0.05) is 0 Å². The van der Waals surface area contributed by atoms with Crippen molar-refractivity contribution < 1.29 is 8.42 Å². The maximum absolute atomic E-state index is 11.4. The van der Waals surface area contributed by atoms with Gasteiger partial charge in [-0.05, 0) is 19.3 Å². The zero-order valence-electron chi connectivity index (χ0n) is 8.98. The van der Waals surface area contributed by atoms with Crippen LogP contribution >= 0.6 is 11.6 Å². The van der Waals surface area contributed by atoms with Crippen LogP contribution in [-0.4, -0.2) is 23.4 Å². The Hall–Kier alpha value is -0.590. The van der Waals surface area contributed by atoms with Gasteiger partial charge in [-0.25, -0.2) is 13.1 Å². The van der Waals surface area contributed by atoms with Gasteiger partial charge in [-0.15, -0.1) is 11.6 Å². The molecule has 0 fully saturated rings. The van der Waals surface area contributed by atoms with E-state index in [4.69, 9.17) is 11.6 Å². The quantitative estimate of drug-likeness (QED) is 0.825. The van der Waals surface area contributed by atoms with Crippen LogP contribution in [0.1, 0.15) is 30.1 Å². The molecule has 1 aliphatic carbocycles. The SMILES string of the molecule is Cn1ncc2c1CCCC2NS(=O)(=O)CCl. The van der Waals surface area contributed by atoms with E-state index in [2.05, 4.69) is 9.82 Å². The number of hydrogen-bond donors (Lipinski definition) is 1. The van der Waals surface area contributed by atoms with Crippen molar-refractivity contribution in [2.75, 3.05) is 5.21 Å². The van der Waals surface area contributed by atoms with Crippen LogP contribution in [0.3, 0.4) is 0 Å². The summed E-state index contributed by atoms with van der Waals surface area (Å²) in [5.74, 6) is 0. The molecular weight excluding hydrogens is 250 g/mol. The Kier molecular flexibility index (Phi) is 3.23. The topological polar surface area (TPSA) is 64.0 Å². The molecule has 0 radical (unpaired) electrons. The molecule has 0 spiro atoms. The maximum Gasteiger partial charge on any atom is 0.226 e. The average molecular weight is 264 g/mol. The van der Waals surface area contributed by atoms with Crippen LogP contribution in [-0.2, 0) is 23.5 Å². The minimum Gasteiger partial charge on any atom is -0.272 e. The van der Waals surface area contributed by atoms with Gasteiger partial charge < -0.3 is 0 Å². The van der Waals surface area contributed by atoms with E-state index in [-0.39, 0.29) is 6.04 Å². The predicted molar refractivity (Wildman–Crippen MR) is 61.7 cm³/mol. The molecule has 1 aromatic rings. The molecule has 1 heterocycles. The molecule has 0 aliphatic heterocycles. The minimum absolute atomic E-state index is 0.179. The Morgan fingerprint density at radius 1 is 1.69 bits per heavy atom. The second-order valence-electron chi connectivity index (χ2n) is 3.96. The first-order valence-corrected chi connectivity index (χ1v) is 7.29. The normalized spacial score (nSPS) is 20.8. The lowest BCUT2D eigenvalue weighted by atomic mass is 9.94. The van der Waals surface area contributed by atoms with E-state index in [0.717, 1.165) is 30.5 Å². The van der Waals surface area contributed by atoms with Gasteiger partial charge in [0.25, 0.3) is 0 Å². The number of alkyl halides is 1. The predicted octanol–water partition coefficient (Wildman–Crippen LogP) is 0.913. The van der Waals surface area contributed by atoms with E-state index in [1.807, 2.05) is 7.05 Å². The Bertz CT molecular complexity index is 483. The summed E-state index contributed by atoms with van der Waals surface area (Å²) in [6, 6.07) is -0.179. The number of rotatable bonds is 3. The van der Waals surface area contributed by atoms with E-state index in [9.17, 15) is 8.42 Å². The monoisotopic (exact) mass is 263 g/mol. The van der Waals surface area contributed by atoms with Crippen molar-refractivity contribution in [3.63, 3.8) is 0 Å². The molecule has 1 unspecified atom stereocenters. The Morgan fingerprint density at radius 2 is 2.44 bits per heavy atom. The molecule has 5 nitrogen and oxygen atoms in total. The molecular formula is C9H14ClN3O2S. The lowest BCUT2D eigenvalue weighted by Gasteiger charge is -2.23. The average Bonchev–Trinajstić information content (AvgIpc) is 2.62. The minimum atomic E-state index is -3.37. The smallest absolute Gasteiger partial charge is 0.226 e. The third-order valence-electron chi connectivity index (χ3n) is 2.84. The molecule has 1 atom stereocenters. The summed E-state index contributed by atoms with van der Waals surface area (Å²) >= 11 is 5.37. The molecule has 0 saturated carbocycles. The van der Waals surface area contributed by atoms with Gasteiger partial charge in [-0.3, -0.25) is 4.68 Å². The van der Waals surface area contributed by atoms with Crippen LogP contribution in [0.25, 0.3) is 0 Å². The molecule has 0 bridgehead atoms. The van der Waals surface area contributed by atoms with Crippen molar-refractivity contribution in [1.29, 1.82) is 0 Å². The van der Waals surface area contributed by atoms with Crippen molar-refractivity contribution in [3.8, 4) is 0 Å². The van der Waals surface area contributed by atoms with Crippen LogP contribution in [0, 0.1) is 0 Å². The largest absolute Gasteiger partial charge is 0.272 e. The Morgan fingerprint density at radius 3 is 3.12 bits per heavy atom. The molecule has 1 aliphatic rings. The first kappa shape index (κ1) is 11.9. The fraction of sp³-hybridized carbons (Fsp3) is 0.667. The van der Waals surface area contributed by atoms with Crippen molar-refractivity contribution in [2.24, 2.45) is 7.05 Å². The number of nitrogens with zero attached hydrogens (tertiary/aromatic N) is 2. The fourth-order valence-electron chi connectivity index (χ4n) is 2.08. The molecule has 0 amide bonds. The number of hydrogen-bond acceptors (Lipinski definition) is 3. The zero-order valence-corrected chi connectivity index (χ0v) is 10.6. The number of nitrogens with one attached hydrogen (secondary N) is 1. The highest BCUT2D eigenvalue weighted by Crippen LogP contribution is 2.29. The third-order valence-corrected chi connectivity index (χ3v) is 4.63. The summed E-state index contributed by atoms with van der Waals surface area (Å²) in [5, 5.41) is 3.75. The second kappa shape index (κ2) is 4.35. The van der Waals surface area contributed by atoms with Crippen molar-refractivity contribution in [3.05, 3.63) is 17.5 Å². The van der Waals surface area contributed by atoms with Crippen LogP contribution in [0.15, 0.2) is 6.20 Å². The summed E-state index contributed by atoms with van der Waals surface area (Å²) in [7, 11) is -1.50. The summed E-state index contributed by atoms with van der Waals surface area (Å²) in [6.45, 7) is 0. The highest BCUT2D eigenvalue weighted by atomic mass is 35.5. The molecule has 7 heteroatoms. The highest BCUT2D eigenvalue weighted by molar-refractivity contribution is 7.90. The van der Waals surface area contributed by atoms with Crippen LogP contribution in [0.4, 0.5) is 0 Å². The van der Waals surface area contributed by atoms with Gasteiger partial charge in [0.1, 0.15) is 5.21 Å². The fourth-order valence-corrected chi connectivity index (χ4v) is 3.01. The van der Waals surface area contributed by atoms with Crippen molar-refractivity contribution >= 4 is 21.6 Å². The van der Waals surface area contributed by atoms with E-state index in [1.54, 1.807) is 10.9 Å². The molecule has 1 aromatic heterocycles. The zero-order chi connectivity index (χ0) is 11.8. The summed E-state index contributed by atoms with van der Waals surface area (Å²) in [5.41, 5.74) is 2.08.